The van der Waals surface area contributed by atoms with E-state index in [9.17, 15) is 9.59 Å². The standard InChI is InChI=1S/C43H48Cl2O6/c1-43(32-10-16-36(17-11-32)50-38-20-14-34(44)28-38,33-12-18-37(19-13-33)51-39-21-15-35(45)29-39)23-22-41(46)48-24-6-4-2-3-5-7-25-49-42(47)40-27-30-8-9-31(40)26-30/h8-21,28-31,38-40H,2-7,22-27H2,1H3. The molecule has 51 heavy (non-hydrogen) atoms. The van der Waals surface area contributed by atoms with E-state index in [1.807, 2.05) is 60.7 Å². The van der Waals surface area contributed by atoms with Gasteiger partial charge in [0.15, 0.2) is 0 Å². The number of benzene rings is 2. The number of hydrogen-bond donors (Lipinski definition) is 0. The molecular formula is C43H48Cl2O6. The summed E-state index contributed by atoms with van der Waals surface area (Å²) >= 11 is 12.2. The molecule has 8 heteroatoms. The number of carbonyl (C=O) groups excluding carboxylic acids is 2. The van der Waals surface area contributed by atoms with Gasteiger partial charge in [-0.3, -0.25) is 9.59 Å². The van der Waals surface area contributed by atoms with Crippen LogP contribution in [0.25, 0.3) is 0 Å². The summed E-state index contributed by atoms with van der Waals surface area (Å²) in [5, 5.41) is 1.34. The number of rotatable bonds is 19. The van der Waals surface area contributed by atoms with Crippen LogP contribution in [-0.4, -0.2) is 37.4 Å². The van der Waals surface area contributed by atoms with Gasteiger partial charge in [0.1, 0.15) is 23.7 Å². The summed E-state index contributed by atoms with van der Waals surface area (Å²) in [6, 6.07) is 16.1. The molecule has 0 heterocycles. The van der Waals surface area contributed by atoms with E-state index in [0.717, 1.165) is 74.0 Å². The Morgan fingerprint density at radius 1 is 0.686 bits per heavy atom. The quantitative estimate of drug-likeness (QED) is 0.0814. The first-order chi connectivity index (χ1) is 24.7. The van der Waals surface area contributed by atoms with E-state index < -0.39 is 5.41 Å². The first kappa shape index (κ1) is 37.0. The minimum atomic E-state index is -0.467. The van der Waals surface area contributed by atoms with Crippen LogP contribution in [0.4, 0.5) is 0 Å². The lowest BCUT2D eigenvalue weighted by Crippen LogP contribution is -2.25. The normalized spacial score (nSPS) is 23.9. The summed E-state index contributed by atoms with van der Waals surface area (Å²) in [5.41, 5.74) is 1.67. The summed E-state index contributed by atoms with van der Waals surface area (Å²) in [6.45, 7) is 3.09. The van der Waals surface area contributed by atoms with Gasteiger partial charge in [-0.15, -0.1) is 0 Å². The molecule has 0 N–H and O–H groups in total. The van der Waals surface area contributed by atoms with Gasteiger partial charge in [0.2, 0.25) is 0 Å². The van der Waals surface area contributed by atoms with Crippen LogP contribution < -0.4 is 9.47 Å². The fourth-order valence-electron chi connectivity index (χ4n) is 7.48. The first-order valence-electron chi connectivity index (χ1n) is 18.4. The number of allylic oxidation sites excluding steroid dienone is 6. The van der Waals surface area contributed by atoms with E-state index in [1.54, 1.807) is 0 Å². The molecule has 4 aliphatic rings. The Kier molecular flexibility index (Phi) is 12.8. The molecule has 5 atom stereocenters. The van der Waals surface area contributed by atoms with Crippen LogP contribution in [0.2, 0.25) is 0 Å². The van der Waals surface area contributed by atoms with E-state index in [4.69, 9.17) is 42.1 Å². The zero-order chi connectivity index (χ0) is 35.6. The van der Waals surface area contributed by atoms with Crippen LogP contribution in [0.3, 0.4) is 0 Å². The number of halogens is 2. The summed E-state index contributed by atoms with van der Waals surface area (Å²) in [4.78, 5) is 25.3. The SMILES string of the molecule is CC(CCC(=O)OCCCCCCCCOC(=O)C1CC2C=CC1C2)(c1ccc(OC2C=CC(Cl)=C2)cc1)c1ccc(OC2C=CC(Cl)=C2)cc1. The average Bonchev–Trinajstić information content (AvgIpc) is 3.95. The molecule has 1 saturated carbocycles. The highest BCUT2D eigenvalue weighted by Gasteiger charge is 2.40. The third-order valence-electron chi connectivity index (χ3n) is 10.5. The molecule has 0 spiro atoms. The number of ether oxygens (including phenoxy) is 4. The maximum Gasteiger partial charge on any atom is 0.309 e. The lowest BCUT2D eigenvalue weighted by atomic mass is 9.73. The molecular weight excluding hydrogens is 683 g/mol. The van der Waals surface area contributed by atoms with Gasteiger partial charge in [-0.05, 0) is 116 Å². The number of hydrogen-bond acceptors (Lipinski definition) is 6. The zero-order valence-electron chi connectivity index (χ0n) is 29.3. The van der Waals surface area contributed by atoms with Gasteiger partial charge in [-0.1, -0.05) is 92.2 Å². The van der Waals surface area contributed by atoms with Crippen LogP contribution in [-0.2, 0) is 24.5 Å². The van der Waals surface area contributed by atoms with Crippen molar-refractivity contribution in [1.82, 2.24) is 0 Å². The highest BCUT2D eigenvalue weighted by atomic mass is 35.5. The molecule has 2 aromatic carbocycles. The predicted octanol–water partition coefficient (Wildman–Crippen LogP) is 10.3. The number of unbranched alkanes of at least 4 members (excludes halogenated alkanes) is 5. The zero-order valence-corrected chi connectivity index (χ0v) is 30.8. The summed E-state index contributed by atoms with van der Waals surface area (Å²) < 4.78 is 23.3. The molecule has 1 fully saturated rings. The fourth-order valence-corrected chi connectivity index (χ4v) is 7.88. The topological polar surface area (TPSA) is 71.1 Å². The number of fused-ring (bicyclic) bond motifs is 2. The van der Waals surface area contributed by atoms with Crippen LogP contribution in [0.15, 0.2) is 107 Å². The lowest BCUT2D eigenvalue weighted by molar-refractivity contribution is -0.149. The van der Waals surface area contributed by atoms with Crippen molar-refractivity contribution in [2.75, 3.05) is 13.2 Å². The molecule has 5 unspecified atom stereocenters. The highest BCUT2D eigenvalue weighted by molar-refractivity contribution is 6.31. The molecule has 2 bridgehead atoms. The van der Waals surface area contributed by atoms with Gasteiger partial charge in [0.05, 0.1) is 19.1 Å². The second-order valence-electron chi connectivity index (χ2n) is 14.3. The van der Waals surface area contributed by atoms with Crippen molar-refractivity contribution < 1.29 is 28.5 Å². The third kappa shape index (κ3) is 10.2. The largest absolute Gasteiger partial charge is 0.482 e. The Balaban J connectivity index is 0.937. The smallest absolute Gasteiger partial charge is 0.309 e. The Morgan fingerprint density at radius 2 is 1.22 bits per heavy atom. The first-order valence-corrected chi connectivity index (χ1v) is 19.2. The summed E-state index contributed by atoms with van der Waals surface area (Å²) in [6.07, 6.45) is 24.1. The van der Waals surface area contributed by atoms with Crippen molar-refractivity contribution in [2.24, 2.45) is 17.8 Å². The maximum atomic E-state index is 12.9. The second kappa shape index (κ2) is 17.7. The van der Waals surface area contributed by atoms with Crippen LogP contribution >= 0.6 is 23.2 Å². The molecule has 0 aliphatic heterocycles. The fraction of sp³-hybridized carbons (Fsp3) is 0.442. The average molecular weight is 732 g/mol. The molecule has 6 nitrogen and oxygen atoms in total. The summed E-state index contributed by atoms with van der Waals surface area (Å²) in [5.74, 6) is 2.33. The van der Waals surface area contributed by atoms with Crippen molar-refractivity contribution in [3.8, 4) is 11.5 Å². The van der Waals surface area contributed by atoms with Gasteiger partial charge >= 0.3 is 11.9 Å². The van der Waals surface area contributed by atoms with E-state index in [2.05, 4.69) is 43.3 Å². The van der Waals surface area contributed by atoms with Crippen molar-refractivity contribution >= 4 is 35.1 Å². The Labute approximate surface area is 312 Å². The van der Waals surface area contributed by atoms with Gasteiger partial charge in [-0.25, -0.2) is 0 Å². The van der Waals surface area contributed by atoms with Gasteiger partial charge in [0, 0.05) is 21.9 Å². The van der Waals surface area contributed by atoms with Crippen LogP contribution in [0.1, 0.15) is 82.3 Å². The van der Waals surface area contributed by atoms with E-state index in [1.165, 1.54) is 0 Å². The molecule has 0 aromatic heterocycles. The molecule has 270 valence electrons. The highest BCUT2D eigenvalue weighted by Crippen LogP contribution is 2.44. The number of carbonyl (C=O) groups is 2. The lowest BCUT2D eigenvalue weighted by Gasteiger charge is -2.31. The molecule has 6 rings (SSSR count). The van der Waals surface area contributed by atoms with Crippen molar-refractivity contribution in [3.05, 3.63) is 118 Å². The molecule has 2 aromatic rings. The number of esters is 2. The second-order valence-corrected chi connectivity index (χ2v) is 15.1. The van der Waals surface area contributed by atoms with Crippen molar-refractivity contribution in [1.29, 1.82) is 0 Å². The monoisotopic (exact) mass is 730 g/mol. The Morgan fingerprint density at radius 3 is 1.69 bits per heavy atom. The van der Waals surface area contributed by atoms with Crippen molar-refractivity contribution in [3.63, 3.8) is 0 Å². The third-order valence-corrected chi connectivity index (χ3v) is 11.0. The van der Waals surface area contributed by atoms with Gasteiger partial charge in [-0.2, -0.15) is 0 Å². The van der Waals surface area contributed by atoms with E-state index in [0.29, 0.717) is 41.5 Å². The van der Waals surface area contributed by atoms with E-state index >= 15 is 0 Å². The molecule has 0 amide bonds. The molecule has 0 radical (unpaired) electrons. The molecule has 4 aliphatic carbocycles. The van der Waals surface area contributed by atoms with E-state index in [-0.39, 0.29) is 36.5 Å². The summed E-state index contributed by atoms with van der Waals surface area (Å²) in [7, 11) is 0. The van der Waals surface area contributed by atoms with Crippen LogP contribution in [0, 0.1) is 17.8 Å². The van der Waals surface area contributed by atoms with Gasteiger partial charge < -0.3 is 18.9 Å². The predicted molar refractivity (Wildman–Crippen MR) is 202 cm³/mol. The van der Waals surface area contributed by atoms with Gasteiger partial charge in [0.25, 0.3) is 0 Å². The Bertz CT molecular complexity index is 1570. The van der Waals surface area contributed by atoms with Crippen molar-refractivity contribution in [2.45, 2.75) is 88.8 Å². The minimum Gasteiger partial charge on any atom is -0.482 e. The molecule has 0 saturated heterocycles. The Hall–Kier alpha value is -3.74. The van der Waals surface area contributed by atoms with Crippen LogP contribution in [0.5, 0.6) is 11.5 Å². The maximum absolute atomic E-state index is 12.9. The minimum absolute atomic E-state index is 0.0123.